The minimum atomic E-state index is -0.161. The summed E-state index contributed by atoms with van der Waals surface area (Å²) in [6, 6.07) is 10.2. The summed E-state index contributed by atoms with van der Waals surface area (Å²) >= 11 is 0. The Morgan fingerprint density at radius 3 is 2.72 bits per heavy atom. The number of ether oxygens (including phenoxy) is 2. The molecule has 2 aliphatic carbocycles. The largest absolute Gasteiger partial charge is 0.378 e. The summed E-state index contributed by atoms with van der Waals surface area (Å²) in [5.74, 6) is 1.01. The van der Waals surface area contributed by atoms with Gasteiger partial charge in [0.05, 0.1) is 24.2 Å². The number of carbonyl (C=O) groups is 1. The van der Waals surface area contributed by atoms with Crippen LogP contribution in [0.15, 0.2) is 30.3 Å². The Labute approximate surface area is 150 Å². The normalized spacial score (nSPS) is 31.8. The Bertz CT molecular complexity index is 600. The maximum Gasteiger partial charge on any atom is 0.227 e. The van der Waals surface area contributed by atoms with Gasteiger partial charge in [-0.05, 0) is 50.0 Å². The highest BCUT2D eigenvalue weighted by Gasteiger charge is 2.52. The van der Waals surface area contributed by atoms with Crippen molar-refractivity contribution in [1.82, 2.24) is 4.90 Å². The molecule has 0 unspecified atom stereocenters. The Hall–Kier alpha value is -1.39. The van der Waals surface area contributed by atoms with Gasteiger partial charge in [0.15, 0.2) is 0 Å². The zero-order valence-electron chi connectivity index (χ0n) is 15.2. The summed E-state index contributed by atoms with van der Waals surface area (Å²) < 4.78 is 12.1. The molecule has 1 aromatic carbocycles. The number of rotatable bonds is 6. The van der Waals surface area contributed by atoms with Crippen molar-refractivity contribution >= 4 is 5.91 Å². The van der Waals surface area contributed by atoms with Crippen molar-refractivity contribution < 1.29 is 14.3 Å². The van der Waals surface area contributed by atoms with E-state index in [9.17, 15) is 4.79 Å². The van der Waals surface area contributed by atoms with Crippen LogP contribution in [0.5, 0.6) is 0 Å². The maximum absolute atomic E-state index is 12.9. The van der Waals surface area contributed by atoms with E-state index in [4.69, 9.17) is 9.47 Å². The zero-order valence-corrected chi connectivity index (χ0v) is 15.2. The first-order chi connectivity index (χ1) is 12.2. The molecule has 0 bridgehead atoms. The standard InChI is InChI=1S/C21H29NO3/c1-24-21-10-9-18(25-15-17-7-8-17)14-19(21)22(12-11-21)20(23)13-16-5-3-2-4-6-16/h2-6,17-19H,7-15H2,1H3/t18-,19+,21-/m1/s1. The molecule has 1 aliphatic heterocycles. The molecule has 3 aliphatic rings. The Morgan fingerprint density at radius 1 is 1.20 bits per heavy atom. The fourth-order valence-electron chi connectivity index (χ4n) is 4.54. The molecule has 136 valence electrons. The summed E-state index contributed by atoms with van der Waals surface area (Å²) in [7, 11) is 1.81. The van der Waals surface area contributed by atoms with Crippen LogP contribution in [0.2, 0.25) is 0 Å². The molecule has 4 heteroatoms. The van der Waals surface area contributed by atoms with Crippen LogP contribution in [0, 0.1) is 5.92 Å². The van der Waals surface area contributed by atoms with Gasteiger partial charge in [0, 0.05) is 20.3 Å². The van der Waals surface area contributed by atoms with Crippen molar-refractivity contribution in [3.05, 3.63) is 35.9 Å². The first-order valence-electron chi connectivity index (χ1n) is 9.70. The molecule has 1 saturated heterocycles. The smallest absolute Gasteiger partial charge is 0.227 e. The van der Waals surface area contributed by atoms with Gasteiger partial charge in [-0.3, -0.25) is 4.79 Å². The first-order valence-corrected chi connectivity index (χ1v) is 9.70. The van der Waals surface area contributed by atoms with Gasteiger partial charge in [-0.1, -0.05) is 30.3 Å². The summed E-state index contributed by atoms with van der Waals surface area (Å²) in [4.78, 5) is 15.0. The number of benzene rings is 1. The number of fused-ring (bicyclic) bond motifs is 1. The Balaban J connectivity index is 1.43. The highest BCUT2D eigenvalue weighted by Crippen LogP contribution is 2.43. The lowest BCUT2D eigenvalue weighted by atomic mass is 9.79. The second-order valence-electron chi connectivity index (χ2n) is 7.96. The Kier molecular flexibility index (Phi) is 4.83. The maximum atomic E-state index is 12.9. The van der Waals surface area contributed by atoms with Crippen molar-refractivity contribution in [2.45, 2.75) is 62.7 Å². The highest BCUT2D eigenvalue weighted by atomic mass is 16.5. The van der Waals surface area contributed by atoms with E-state index in [0.29, 0.717) is 6.42 Å². The van der Waals surface area contributed by atoms with Crippen LogP contribution < -0.4 is 0 Å². The molecule has 0 radical (unpaired) electrons. The predicted molar refractivity (Wildman–Crippen MR) is 96.3 cm³/mol. The van der Waals surface area contributed by atoms with Crippen LogP contribution in [-0.2, 0) is 20.7 Å². The molecule has 4 nitrogen and oxygen atoms in total. The van der Waals surface area contributed by atoms with Gasteiger partial charge >= 0.3 is 0 Å². The van der Waals surface area contributed by atoms with Crippen LogP contribution in [0.3, 0.4) is 0 Å². The average Bonchev–Trinajstić information content (AvgIpc) is 3.39. The lowest BCUT2D eigenvalue weighted by Gasteiger charge is -2.43. The van der Waals surface area contributed by atoms with Crippen LogP contribution in [-0.4, -0.2) is 48.8 Å². The lowest BCUT2D eigenvalue weighted by molar-refractivity contribution is -0.141. The van der Waals surface area contributed by atoms with Gasteiger partial charge < -0.3 is 14.4 Å². The number of nitrogens with zero attached hydrogens (tertiary/aromatic N) is 1. The molecular weight excluding hydrogens is 314 g/mol. The zero-order chi connectivity index (χ0) is 17.3. The van der Waals surface area contributed by atoms with Crippen LogP contribution >= 0.6 is 0 Å². The SMILES string of the molecule is CO[C@@]12CC[C@@H](OCC3CC3)C[C@@H]1N(C(=O)Cc1ccccc1)CC2. The van der Waals surface area contributed by atoms with Crippen molar-refractivity contribution in [2.24, 2.45) is 5.92 Å². The molecule has 0 spiro atoms. The first kappa shape index (κ1) is 17.0. The second kappa shape index (κ2) is 7.08. The molecule has 3 atom stereocenters. The molecule has 3 fully saturated rings. The van der Waals surface area contributed by atoms with E-state index in [-0.39, 0.29) is 23.7 Å². The topological polar surface area (TPSA) is 38.8 Å². The molecule has 25 heavy (non-hydrogen) atoms. The van der Waals surface area contributed by atoms with Gasteiger partial charge in [-0.2, -0.15) is 0 Å². The minimum absolute atomic E-state index is 0.159. The molecule has 1 aromatic rings. The highest BCUT2D eigenvalue weighted by molar-refractivity contribution is 5.79. The fraction of sp³-hybridized carbons (Fsp3) is 0.667. The van der Waals surface area contributed by atoms with Crippen molar-refractivity contribution in [3.63, 3.8) is 0 Å². The van der Waals surface area contributed by atoms with Gasteiger partial charge in [-0.15, -0.1) is 0 Å². The van der Waals surface area contributed by atoms with E-state index < -0.39 is 0 Å². The third-order valence-corrected chi connectivity index (χ3v) is 6.32. The quantitative estimate of drug-likeness (QED) is 0.796. The number of hydrogen-bond donors (Lipinski definition) is 0. The van der Waals surface area contributed by atoms with E-state index in [0.717, 1.165) is 50.3 Å². The van der Waals surface area contributed by atoms with Crippen molar-refractivity contribution in [2.75, 3.05) is 20.3 Å². The van der Waals surface area contributed by atoms with E-state index >= 15 is 0 Å². The molecule has 2 saturated carbocycles. The minimum Gasteiger partial charge on any atom is -0.378 e. The second-order valence-corrected chi connectivity index (χ2v) is 7.96. The average molecular weight is 343 g/mol. The van der Waals surface area contributed by atoms with Gasteiger partial charge in [0.2, 0.25) is 5.91 Å². The Morgan fingerprint density at radius 2 is 2.00 bits per heavy atom. The molecular formula is C21H29NO3. The molecule has 4 rings (SSSR count). The van der Waals surface area contributed by atoms with E-state index in [1.54, 1.807) is 0 Å². The fourth-order valence-corrected chi connectivity index (χ4v) is 4.54. The monoisotopic (exact) mass is 343 g/mol. The number of amides is 1. The van der Waals surface area contributed by atoms with E-state index in [1.807, 2.05) is 37.4 Å². The number of hydrogen-bond acceptors (Lipinski definition) is 3. The summed E-state index contributed by atoms with van der Waals surface area (Å²) in [5, 5.41) is 0. The predicted octanol–water partition coefficient (Wildman–Crippen LogP) is 3.19. The van der Waals surface area contributed by atoms with Crippen LogP contribution in [0.4, 0.5) is 0 Å². The number of carbonyl (C=O) groups excluding carboxylic acids is 1. The number of methoxy groups -OCH3 is 1. The van der Waals surface area contributed by atoms with Crippen LogP contribution in [0.25, 0.3) is 0 Å². The van der Waals surface area contributed by atoms with Gasteiger partial charge in [-0.25, -0.2) is 0 Å². The molecule has 1 heterocycles. The summed E-state index contributed by atoms with van der Waals surface area (Å²) in [6.45, 7) is 1.70. The van der Waals surface area contributed by atoms with E-state index in [1.165, 1.54) is 12.8 Å². The van der Waals surface area contributed by atoms with Crippen molar-refractivity contribution in [3.8, 4) is 0 Å². The van der Waals surface area contributed by atoms with Gasteiger partial charge in [0.25, 0.3) is 0 Å². The summed E-state index contributed by atoms with van der Waals surface area (Å²) in [5.41, 5.74) is 0.922. The van der Waals surface area contributed by atoms with Gasteiger partial charge in [0.1, 0.15) is 0 Å². The molecule has 0 aromatic heterocycles. The lowest BCUT2D eigenvalue weighted by Crippen LogP contribution is -2.53. The summed E-state index contributed by atoms with van der Waals surface area (Å²) in [6.07, 6.45) is 7.31. The molecule has 0 N–H and O–H groups in total. The van der Waals surface area contributed by atoms with Crippen molar-refractivity contribution in [1.29, 1.82) is 0 Å². The van der Waals surface area contributed by atoms with Crippen LogP contribution in [0.1, 0.15) is 44.1 Å². The third-order valence-electron chi connectivity index (χ3n) is 6.32. The molecule has 1 amide bonds. The van der Waals surface area contributed by atoms with E-state index in [2.05, 4.69) is 4.90 Å². The number of likely N-dealkylation sites (tertiary alicyclic amines) is 1. The third kappa shape index (κ3) is 3.61.